The Morgan fingerprint density at radius 3 is 2.53 bits per heavy atom. The van der Waals surface area contributed by atoms with E-state index in [-0.39, 0.29) is 19.3 Å². The van der Waals surface area contributed by atoms with E-state index in [1.165, 1.54) is 0 Å². The molecule has 0 heterocycles. The van der Waals surface area contributed by atoms with Crippen LogP contribution < -0.4 is 10.1 Å². The lowest BCUT2D eigenvalue weighted by Gasteiger charge is -2.16. The molecule has 0 bridgehead atoms. The predicted molar refractivity (Wildman–Crippen MR) is 67.5 cm³/mol. The molecule has 1 aromatic carbocycles. The van der Waals surface area contributed by atoms with Crippen molar-refractivity contribution in [1.29, 1.82) is 0 Å². The fraction of sp³-hybridized carbons (Fsp3) is 0.500. The zero-order valence-corrected chi connectivity index (χ0v) is 10.8. The van der Waals surface area contributed by atoms with Crippen molar-refractivity contribution in [3.8, 4) is 5.75 Å². The molecule has 0 amide bonds. The average molecular weight is 260 g/mol. The Hall–Kier alpha value is -0.810. The summed E-state index contributed by atoms with van der Waals surface area (Å²) < 4.78 is 5.31. The lowest BCUT2D eigenvalue weighted by molar-refractivity contribution is 0.170. The molecule has 0 aromatic heterocycles. The van der Waals surface area contributed by atoms with Gasteiger partial charge in [-0.15, -0.1) is 0 Å². The van der Waals surface area contributed by atoms with Crippen LogP contribution in [0.15, 0.2) is 12.1 Å². The van der Waals surface area contributed by atoms with E-state index in [0.29, 0.717) is 11.6 Å². The summed E-state index contributed by atoms with van der Waals surface area (Å²) in [5, 5.41) is 21.6. The minimum Gasteiger partial charge on any atom is -0.496 e. The number of nitrogens with one attached hydrogen (secondary N) is 1. The van der Waals surface area contributed by atoms with Gasteiger partial charge < -0.3 is 20.3 Å². The Labute approximate surface area is 106 Å². The third-order valence-corrected chi connectivity index (χ3v) is 2.76. The minimum atomic E-state index is -0.334. The Kier molecular flexibility index (Phi) is 5.71. The highest BCUT2D eigenvalue weighted by Crippen LogP contribution is 2.27. The van der Waals surface area contributed by atoms with Crippen molar-refractivity contribution >= 4 is 11.6 Å². The summed E-state index contributed by atoms with van der Waals surface area (Å²) in [6.45, 7) is 2.18. The fourth-order valence-corrected chi connectivity index (χ4v) is 1.96. The molecule has 0 aliphatic heterocycles. The molecule has 0 saturated carbocycles. The lowest BCUT2D eigenvalue weighted by Crippen LogP contribution is -2.35. The van der Waals surface area contributed by atoms with Crippen molar-refractivity contribution in [2.24, 2.45) is 0 Å². The van der Waals surface area contributed by atoms with Crippen LogP contribution in [0.1, 0.15) is 11.1 Å². The number of aliphatic hydroxyl groups is 2. The molecule has 17 heavy (non-hydrogen) atoms. The lowest BCUT2D eigenvalue weighted by atomic mass is 10.1. The Balaban J connectivity index is 2.82. The van der Waals surface area contributed by atoms with E-state index in [4.69, 9.17) is 26.6 Å². The van der Waals surface area contributed by atoms with Gasteiger partial charge in [-0.1, -0.05) is 11.6 Å². The van der Waals surface area contributed by atoms with Gasteiger partial charge in [0.15, 0.2) is 0 Å². The van der Waals surface area contributed by atoms with Gasteiger partial charge in [0.05, 0.1) is 26.4 Å². The maximum absolute atomic E-state index is 8.96. The molecule has 96 valence electrons. The van der Waals surface area contributed by atoms with Crippen LogP contribution >= 0.6 is 11.6 Å². The van der Waals surface area contributed by atoms with Crippen LogP contribution in [0.25, 0.3) is 0 Å². The Bertz CT molecular complexity index is 367. The first kappa shape index (κ1) is 14.3. The number of aryl methyl sites for hydroxylation is 1. The zero-order valence-electron chi connectivity index (χ0n) is 10.0. The van der Waals surface area contributed by atoms with Gasteiger partial charge >= 0.3 is 0 Å². The number of methoxy groups -OCH3 is 1. The van der Waals surface area contributed by atoms with Gasteiger partial charge in [-0.25, -0.2) is 0 Å². The molecule has 0 aliphatic rings. The molecule has 1 aromatic rings. The van der Waals surface area contributed by atoms with Crippen molar-refractivity contribution in [2.45, 2.75) is 19.5 Å². The summed E-state index contributed by atoms with van der Waals surface area (Å²) in [6, 6.07) is 3.31. The quantitative estimate of drug-likeness (QED) is 0.716. The van der Waals surface area contributed by atoms with Crippen LogP contribution in [0.2, 0.25) is 5.02 Å². The predicted octanol–water partition coefficient (Wildman–Crippen LogP) is 1.10. The maximum atomic E-state index is 8.96. The molecule has 3 N–H and O–H groups in total. The fourth-order valence-electron chi connectivity index (χ4n) is 1.66. The molecule has 0 saturated heterocycles. The summed E-state index contributed by atoms with van der Waals surface area (Å²) >= 11 is 5.98. The number of benzene rings is 1. The number of hydrogen-bond donors (Lipinski definition) is 3. The van der Waals surface area contributed by atoms with Gasteiger partial charge in [0.1, 0.15) is 5.75 Å². The topological polar surface area (TPSA) is 61.7 Å². The van der Waals surface area contributed by atoms with Crippen LogP contribution in [0.3, 0.4) is 0 Å². The molecule has 0 radical (unpaired) electrons. The highest BCUT2D eigenvalue weighted by molar-refractivity contribution is 6.30. The first-order valence-corrected chi connectivity index (χ1v) is 5.78. The number of ether oxygens (including phenoxy) is 1. The molecular formula is C12H18ClNO3. The van der Waals surface area contributed by atoms with Crippen molar-refractivity contribution < 1.29 is 14.9 Å². The number of aliphatic hydroxyl groups excluding tert-OH is 2. The Morgan fingerprint density at radius 1 is 1.35 bits per heavy atom. The number of halogens is 1. The number of hydrogen-bond acceptors (Lipinski definition) is 4. The van der Waals surface area contributed by atoms with Crippen LogP contribution in [-0.2, 0) is 6.54 Å². The summed E-state index contributed by atoms with van der Waals surface area (Å²) in [6.07, 6.45) is 0. The van der Waals surface area contributed by atoms with Crippen LogP contribution in [0, 0.1) is 6.92 Å². The molecule has 0 fully saturated rings. The summed E-state index contributed by atoms with van der Waals surface area (Å²) in [5.41, 5.74) is 1.87. The summed E-state index contributed by atoms with van der Waals surface area (Å²) in [4.78, 5) is 0. The Morgan fingerprint density at radius 2 is 2.00 bits per heavy atom. The van der Waals surface area contributed by atoms with E-state index in [2.05, 4.69) is 5.32 Å². The SMILES string of the molecule is COc1c(C)cc(Cl)cc1CNC(CO)CO. The van der Waals surface area contributed by atoms with Crippen molar-refractivity contribution in [1.82, 2.24) is 5.32 Å². The standard InChI is InChI=1S/C12H18ClNO3/c1-8-3-10(13)4-9(12(8)17-2)5-14-11(6-15)7-16/h3-4,11,14-16H,5-7H2,1-2H3. The first-order chi connectivity index (χ1) is 8.12. The second-order valence-electron chi connectivity index (χ2n) is 3.86. The van der Waals surface area contributed by atoms with Gasteiger partial charge in [-0.3, -0.25) is 0 Å². The zero-order chi connectivity index (χ0) is 12.8. The van der Waals surface area contributed by atoms with Crippen molar-refractivity contribution in [3.63, 3.8) is 0 Å². The molecule has 5 heteroatoms. The molecule has 0 atom stereocenters. The third-order valence-electron chi connectivity index (χ3n) is 2.54. The molecule has 0 unspecified atom stereocenters. The van der Waals surface area contributed by atoms with Gasteiger partial charge in [0.2, 0.25) is 0 Å². The minimum absolute atomic E-state index is 0.113. The molecule has 4 nitrogen and oxygen atoms in total. The second-order valence-corrected chi connectivity index (χ2v) is 4.29. The van der Waals surface area contributed by atoms with E-state index >= 15 is 0 Å². The van der Waals surface area contributed by atoms with Gasteiger partial charge in [0, 0.05) is 17.1 Å². The highest BCUT2D eigenvalue weighted by Gasteiger charge is 2.10. The van der Waals surface area contributed by atoms with Crippen LogP contribution in [0.4, 0.5) is 0 Å². The molecular weight excluding hydrogens is 242 g/mol. The third kappa shape index (κ3) is 3.85. The van der Waals surface area contributed by atoms with Gasteiger partial charge in [-0.05, 0) is 24.6 Å². The van der Waals surface area contributed by atoms with Crippen LogP contribution in [-0.4, -0.2) is 36.6 Å². The van der Waals surface area contributed by atoms with E-state index in [9.17, 15) is 0 Å². The smallest absolute Gasteiger partial charge is 0.126 e. The van der Waals surface area contributed by atoms with Gasteiger partial charge in [0.25, 0.3) is 0 Å². The van der Waals surface area contributed by atoms with Crippen molar-refractivity contribution in [3.05, 3.63) is 28.3 Å². The monoisotopic (exact) mass is 259 g/mol. The van der Waals surface area contributed by atoms with Crippen LogP contribution in [0.5, 0.6) is 5.75 Å². The average Bonchev–Trinajstić information content (AvgIpc) is 2.29. The molecule has 0 aliphatic carbocycles. The van der Waals surface area contributed by atoms with E-state index in [1.54, 1.807) is 7.11 Å². The van der Waals surface area contributed by atoms with Crippen molar-refractivity contribution in [2.75, 3.05) is 20.3 Å². The van der Waals surface area contributed by atoms with E-state index in [1.807, 2.05) is 19.1 Å². The maximum Gasteiger partial charge on any atom is 0.126 e. The summed E-state index contributed by atoms with van der Waals surface area (Å²) in [5.74, 6) is 0.775. The summed E-state index contributed by atoms with van der Waals surface area (Å²) in [7, 11) is 1.61. The molecule has 1 rings (SSSR count). The van der Waals surface area contributed by atoms with E-state index in [0.717, 1.165) is 16.9 Å². The largest absolute Gasteiger partial charge is 0.496 e. The first-order valence-electron chi connectivity index (χ1n) is 5.40. The second kappa shape index (κ2) is 6.81. The van der Waals surface area contributed by atoms with Gasteiger partial charge in [-0.2, -0.15) is 0 Å². The van der Waals surface area contributed by atoms with E-state index < -0.39 is 0 Å². The number of rotatable bonds is 6. The highest BCUT2D eigenvalue weighted by atomic mass is 35.5. The normalized spacial score (nSPS) is 10.9. The molecule has 0 spiro atoms.